The molecule has 110 valence electrons. The summed E-state index contributed by atoms with van der Waals surface area (Å²) < 4.78 is 0. The zero-order chi connectivity index (χ0) is 14.8. The smallest absolute Gasteiger partial charge is 0.314 e. The molecule has 0 amide bonds. The van der Waals surface area contributed by atoms with E-state index in [4.69, 9.17) is 0 Å². The molecule has 0 atom stereocenters. The number of hydrogen-bond donors (Lipinski definition) is 0. The molecule has 0 bridgehead atoms. The molecular formula is C14H16N4O2S. The Balaban J connectivity index is 1.78. The molecule has 1 aliphatic heterocycles. The number of piperazine rings is 1. The summed E-state index contributed by atoms with van der Waals surface area (Å²) in [4.78, 5) is 19.5. The SMILES string of the molecule is Cc1ccnc(N2CCN(c3cccs3)CC2)c1[N+](=O)[O-]. The van der Waals surface area contributed by atoms with Crippen LogP contribution in [0.4, 0.5) is 16.5 Å². The van der Waals surface area contributed by atoms with Crippen molar-refractivity contribution in [3.63, 3.8) is 0 Å². The number of hydrogen-bond acceptors (Lipinski definition) is 6. The molecule has 7 heteroatoms. The number of nitrogens with zero attached hydrogens (tertiary/aromatic N) is 4. The fourth-order valence-electron chi connectivity index (χ4n) is 2.58. The van der Waals surface area contributed by atoms with Crippen LogP contribution in [0.2, 0.25) is 0 Å². The van der Waals surface area contributed by atoms with Crippen LogP contribution < -0.4 is 9.80 Å². The maximum atomic E-state index is 11.3. The van der Waals surface area contributed by atoms with Gasteiger partial charge in [-0.1, -0.05) is 0 Å². The molecule has 3 rings (SSSR count). The highest BCUT2D eigenvalue weighted by Gasteiger charge is 2.26. The van der Waals surface area contributed by atoms with Gasteiger partial charge >= 0.3 is 5.69 Å². The molecule has 0 unspecified atom stereocenters. The van der Waals surface area contributed by atoms with Crippen LogP contribution in [-0.2, 0) is 0 Å². The Hall–Kier alpha value is -2.15. The average molecular weight is 304 g/mol. The van der Waals surface area contributed by atoms with Gasteiger partial charge < -0.3 is 9.80 Å². The van der Waals surface area contributed by atoms with E-state index in [1.54, 1.807) is 30.5 Å². The monoisotopic (exact) mass is 304 g/mol. The van der Waals surface area contributed by atoms with Crippen LogP contribution >= 0.6 is 11.3 Å². The zero-order valence-corrected chi connectivity index (χ0v) is 12.5. The number of aryl methyl sites for hydroxylation is 1. The third-order valence-electron chi connectivity index (χ3n) is 3.69. The first-order chi connectivity index (χ1) is 10.2. The third kappa shape index (κ3) is 2.69. The molecule has 2 aromatic heterocycles. The summed E-state index contributed by atoms with van der Waals surface area (Å²) in [5, 5.41) is 14.6. The Bertz CT molecular complexity index is 636. The lowest BCUT2D eigenvalue weighted by Crippen LogP contribution is -2.46. The summed E-state index contributed by atoms with van der Waals surface area (Å²) in [6, 6.07) is 5.83. The Morgan fingerprint density at radius 2 is 1.95 bits per heavy atom. The van der Waals surface area contributed by atoms with Gasteiger partial charge in [0.05, 0.1) is 9.92 Å². The maximum absolute atomic E-state index is 11.3. The van der Waals surface area contributed by atoms with E-state index in [0.717, 1.165) is 26.2 Å². The van der Waals surface area contributed by atoms with Gasteiger partial charge in [-0.05, 0) is 30.5 Å². The highest BCUT2D eigenvalue weighted by Crippen LogP contribution is 2.30. The van der Waals surface area contributed by atoms with Crippen LogP contribution in [0.5, 0.6) is 0 Å². The van der Waals surface area contributed by atoms with Crippen molar-refractivity contribution in [2.45, 2.75) is 6.92 Å². The van der Waals surface area contributed by atoms with Gasteiger partial charge in [0.25, 0.3) is 0 Å². The third-order valence-corrected chi connectivity index (χ3v) is 4.62. The van der Waals surface area contributed by atoms with Crippen LogP contribution in [0.15, 0.2) is 29.8 Å². The van der Waals surface area contributed by atoms with Gasteiger partial charge in [-0.15, -0.1) is 11.3 Å². The van der Waals surface area contributed by atoms with Gasteiger partial charge in [-0.25, -0.2) is 4.98 Å². The Kier molecular flexibility index (Phi) is 3.74. The topological polar surface area (TPSA) is 62.5 Å². The van der Waals surface area contributed by atoms with Crippen LogP contribution in [0, 0.1) is 17.0 Å². The van der Waals surface area contributed by atoms with Gasteiger partial charge in [0.2, 0.25) is 5.82 Å². The van der Waals surface area contributed by atoms with Crippen molar-refractivity contribution in [3.05, 3.63) is 45.5 Å². The molecule has 0 aliphatic carbocycles. The van der Waals surface area contributed by atoms with E-state index in [1.165, 1.54) is 5.00 Å². The fraction of sp³-hybridized carbons (Fsp3) is 0.357. The van der Waals surface area contributed by atoms with Gasteiger partial charge in [-0.2, -0.15) is 0 Å². The summed E-state index contributed by atoms with van der Waals surface area (Å²) in [5.41, 5.74) is 0.785. The van der Waals surface area contributed by atoms with Crippen molar-refractivity contribution in [2.24, 2.45) is 0 Å². The van der Waals surface area contributed by atoms with Crippen LogP contribution in [0.3, 0.4) is 0 Å². The highest BCUT2D eigenvalue weighted by molar-refractivity contribution is 7.14. The van der Waals surface area contributed by atoms with Crippen molar-refractivity contribution in [3.8, 4) is 0 Å². The molecule has 6 nitrogen and oxygen atoms in total. The predicted octanol–water partition coefficient (Wildman–Crippen LogP) is 2.69. The number of anilines is 2. The normalized spacial score (nSPS) is 15.3. The molecule has 0 N–H and O–H groups in total. The van der Waals surface area contributed by atoms with Gasteiger partial charge in [-0.3, -0.25) is 10.1 Å². The van der Waals surface area contributed by atoms with E-state index in [2.05, 4.69) is 21.3 Å². The van der Waals surface area contributed by atoms with Crippen LogP contribution in [-0.4, -0.2) is 36.1 Å². The Morgan fingerprint density at radius 1 is 1.24 bits per heavy atom. The zero-order valence-electron chi connectivity index (χ0n) is 11.7. The van der Waals surface area contributed by atoms with E-state index in [1.807, 2.05) is 11.0 Å². The largest absolute Gasteiger partial charge is 0.360 e. The second-order valence-electron chi connectivity index (χ2n) is 4.98. The molecule has 0 radical (unpaired) electrons. The first-order valence-corrected chi connectivity index (χ1v) is 7.68. The van der Waals surface area contributed by atoms with Gasteiger partial charge in [0.1, 0.15) is 0 Å². The minimum absolute atomic E-state index is 0.127. The number of thiophene rings is 1. The predicted molar refractivity (Wildman–Crippen MR) is 84.4 cm³/mol. The average Bonchev–Trinajstić information content (AvgIpc) is 3.01. The molecule has 3 heterocycles. The fourth-order valence-corrected chi connectivity index (χ4v) is 3.37. The first kappa shape index (κ1) is 13.8. The van der Waals surface area contributed by atoms with E-state index >= 15 is 0 Å². The molecule has 0 aromatic carbocycles. The summed E-state index contributed by atoms with van der Waals surface area (Å²) in [7, 11) is 0. The number of nitro groups is 1. The van der Waals surface area contributed by atoms with Crippen molar-refractivity contribution < 1.29 is 4.92 Å². The van der Waals surface area contributed by atoms with E-state index in [-0.39, 0.29) is 10.6 Å². The van der Waals surface area contributed by atoms with E-state index in [0.29, 0.717) is 11.4 Å². The summed E-state index contributed by atoms with van der Waals surface area (Å²) in [6.45, 7) is 4.95. The maximum Gasteiger partial charge on any atom is 0.314 e. The lowest BCUT2D eigenvalue weighted by Gasteiger charge is -2.35. The second-order valence-corrected chi connectivity index (χ2v) is 5.91. The van der Waals surface area contributed by atoms with Gasteiger partial charge in [0.15, 0.2) is 0 Å². The van der Waals surface area contributed by atoms with Gasteiger partial charge in [0, 0.05) is 37.9 Å². The highest BCUT2D eigenvalue weighted by atomic mass is 32.1. The molecule has 0 spiro atoms. The summed E-state index contributed by atoms with van der Waals surface area (Å²) in [6.07, 6.45) is 1.64. The van der Waals surface area contributed by atoms with Crippen LogP contribution in [0.1, 0.15) is 5.56 Å². The lowest BCUT2D eigenvalue weighted by atomic mass is 10.2. The van der Waals surface area contributed by atoms with Crippen molar-refractivity contribution in [1.29, 1.82) is 0 Å². The molecule has 1 fully saturated rings. The molecule has 1 aliphatic rings. The first-order valence-electron chi connectivity index (χ1n) is 6.80. The Morgan fingerprint density at radius 3 is 2.57 bits per heavy atom. The number of pyridine rings is 1. The minimum atomic E-state index is -0.330. The summed E-state index contributed by atoms with van der Waals surface area (Å²) in [5.74, 6) is 0.492. The standard InChI is InChI=1S/C14H16N4O2S/c1-11-4-5-15-14(13(11)18(19)20)17-8-6-16(7-9-17)12-3-2-10-21-12/h2-5,10H,6-9H2,1H3. The van der Waals surface area contributed by atoms with Crippen molar-refractivity contribution in [2.75, 3.05) is 36.0 Å². The number of rotatable bonds is 3. The second kappa shape index (κ2) is 5.69. The molecule has 21 heavy (non-hydrogen) atoms. The summed E-state index contributed by atoms with van der Waals surface area (Å²) >= 11 is 1.72. The van der Waals surface area contributed by atoms with Crippen molar-refractivity contribution in [1.82, 2.24) is 4.98 Å². The van der Waals surface area contributed by atoms with E-state index in [9.17, 15) is 10.1 Å². The van der Waals surface area contributed by atoms with Crippen LogP contribution in [0.25, 0.3) is 0 Å². The number of aromatic nitrogens is 1. The molecule has 0 saturated carbocycles. The molecule has 2 aromatic rings. The molecule has 1 saturated heterocycles. The van der Waals surface area contributed by atoms with Crippen molar-refractivity contribution >= 4 is 27.8 Å². The minimum Gasteiger partial charge on any atom is -0.360 e. The van der Waals surface area contributed by atoms with E-state index < -0.39 is 0 Å². The Labute approximate surface area is 126 Å². The molecular weight excluding hydrogens is 288 g/mol. The lowest BCUT2D eigenvalue weighted by molar-refractivity contribution is -0.384. The quantitative estimate of drug-likeness (QED) is 0.644.